The molecule has 4 rings (SSSR count). The SMILES string of the molecule is Cc1cccc(N2C(=O)C(=O)/C(=C(\O)c3cccc(OCC(C)C)c3)C2c2cccs2)c1. The summed E-state index contributed by atoms with van der Waals surface area (Å²) in [6.45, 7) is 6.58. The lowest BCUT2D eigenvalue weighted by Gasteiger charge is -2.24. The Morgan fingerprint density at radius 3 is 2.56 bits per heavy atom. The van der Waals surface area contributed by atoms with E-state index >= 15 is 0 Å². The molecule has 5 nitrogen and oxygen atoms in total. The summed E-state index contributed by atoms with van der Waals surface area (Å²) in [5.41, 5.74) is 2.12. The number of nitrogens with zero attached hydrogens (tertiary/aromatic N) is 1. The summed E-state index contributed by atoms with van der Waals surface area (Å²) in [6, 6.07) is 17.5. The Morgan fingerprint density at radius 2 is 1.88 bits per heavy atom. The molecule has 3 aromatic rings. The van der Waals surface area contributed by atoms with E-state index in [1.165, 1.54) is 16.2 Å². The van der Waals surface area contributed by atoms with Crippen LogP contribution in [0.25, 0.3) is 5.76 Å². The third-order valence-corrected chi connectivity index (χ3v) is 6.15. The lowest BCUT2D eigenvalue weighted by molar-refractivity contribution is -0.132. The first-order chi connectivity index (χ1) is 15.4. The van der Waals surface area contributed by atoms with Crippen molar-refractivity contribution in [3.8, 4) is 5.75 Å². The molecule has 0 radical (unpaired) electrons. The molecule has 0 bridgehead atoms. The minimum atomic E-state index is -0.698. The number of aliphatic hydroxyl groups excluding tert-OH is 1. The average Bonchev–Trinajstić information content (AvgIpc) is 3.39. The quantitative estimate of drug-likeness (QED) is 0.298. The number of rotatable bonds is 6. The first-order valence-corrected chi connectivity index (χ1v) is 11.4. The van der Waals surface area contributed by atoms with Gasteiger partial charge in [-0.05, 0) is 54.1 Å². The number of hydrogen-bond donors (Lipinski definition) is 1. The van der Waals surface area contributed by atoms with Crippen molar-refractivity contribution in [2.75, 3.05) is 11.5 Å². The molecule has 1 aromatic heterocycles. The lowest BCUT2D eigenvalue weighted by atomic mass is 9.99. The maximum atomic E-state index is 13.2. The van der Waals surface area contributed by atoms with Crippen LogP contribution < -0.4 is 9.64 Å². The molecule has 0 aliphatic carbocycles. The van der Waals surface area contributed by atoms with Crippen molar-refractivity contribution in [3.05, 3.63) is 87.6 Å². The maximum Gasteiger partial charge on any atom is 0.300 e. The molecule has 6 heteroatoms. The summed E-state index contributed by atoms with van der Waals surface area (Å²) >= 11 is 1.44. The Bertz CT molecular complexity index is 1180. The van der Waals surface area contributed by atoms with Gasteiger partial charge in [0.25, 0.3) is 11.7 Å². The van der Waals surface area contributed by atoms with Gasteiger partial charge in [-0.25, -0.2) is 0 Å². The van der Waals surface area contributed by atoms with Gasteiger partial charge in [0.2, 0.25) is 0 Å². The van der Waals surface area contributed by atoms with Crippen LogP contribution in [0.1, 0.15) is 35.9 Å². The van der Waals surface area contributed by atoms with Gasteiger partial charge in [-0.1, -0.05) is 44.2 Å². The van der Waals surface area contributed by atoms with Gasteiger partial charge in [0.1, 0.15) is 17.6 Å². The predicted molar refractivity (Wildman–Crippen MR) is 127 cm³/mol. The molecule has 1 aliphatic rings. The van der Waals surface area contributed by atoms with Crippen LogP contribution in [0, 0.1) is 12.8 Å². The van der Waals surface area contributed by atoms with Gasteiger partial charge in [0.05, 0.1) is 12.2 Å². The Labute approximate surface area is 191 Å². The van der Waals surface area contributed by atoms with Gasteiger partial charge in [0.15, 0.2) is 0 Å². The largest absolute Gasteiger partial charge is 0.507 e. The fourth-order valence-corrected chi connectivity index (χ4v) is 4.57. The number of Topliss-reactive ketones (excluding diaryl/α,β-unsaturated/α-hetero) is 1. The first kappa shape index (κ1) is 21.8. The van der Waals surface area contributed by atoms with E-state index in [1.54, 1.807) is 30.3 Å². The lowest BCUT2D eigenvalue weighted by Crippen LogP contribution is -2.29. The van der Waals surface area contributed by atoms with Crippen LogP contribution >= 0.6 is 11.3 Å². The Balaban J connectivity index is 1.83. The highest BCUT2D eigenvalue weighted by Gasteiger charge is 2.47. The van der Waals surface area contributed by atoms with Crippen LogP contribution in [0.2, 0.25) is 0 Å². The maximum absolute atomic E-state index is 13.2. The van der Waals surface area contributed by atoms with Gasteiger partial charge in [-0.15, -0.1) is 11.3 Å². The van der Waals surface area contributed by atoms with Crippen LogP contribution in [0.3, 0.4) is 0 Å². The van der Waals surface area contributed by atoms with E-state index in [1.807, 2.05) is 42.6 Å². The minimum absolute atomic E-state index is 0.0833. The Kier molecular flexibility index (Phi) is 6.15. The van der Waals surface area contributed by atoms with E-state index < -0.39 is 17.7 Å². The van der Waals surface area contributed by atoms with E-state index in [9.17, 15) is 14.7 Å². The number of benzene rings is 2. The highest BCUT2D eigenvalue weighted by Crippen LogP contribution is 2.43. The molecule has 2 heterocycles. The second-order valence-corrected chi connectivity index (χ2v) is 9.24. The smallest absolute Gasteiger partial charge is 0.300 e. The Hall–Kier alpha value is -3.38. The third-order valence-electron chi connectivity index (χ3n) is 5.23. The summed E-state index contributed by atoms with van der Waals surface area (Å²) in [5.74, 6) is -0.598. The topological polar surface area (TPSA) is 66.8 Å². The molecule has 164 valence electrons. The van der Waals surface area contributed by atoms with Gasteiger partial charge in [-0.3, -0.25) is 14.5 Å². The molecular formula is C26H25NO4S. The van der Waals surface area contributed by atoms with Crippen molar-refractivity contribution in [1.29, 1.82) is 0 Å². The molecule has 2 aromatic carbocycles. The van der Waals surface area contributed by atoms with Gasteiger partial charge in [-0.2, -0.15) is 0 Å². The molecule has 32 heavy (non-hydrogen) atoms. The van der Waals surface area contributed by atoms with Crippen LogP contribution in [0.15, 0.2) is 71.6 Å². The number of hydrogen-bond acceptors (Lipinski definition) is 5. The van der Waals surface area contributed by atoms with Crippen LogP contribution in [0.4, 0.5) is 5.69 Å². The van der Waals surface area contributed by atoms with Crippen molar-refractivity contribution in [3.63, 3.8) is 0 Å². The number of carbonyl (C=O) groups is 2. The number of amides is 1. The predicted octanol–water partition coefficient (Wildman–Crippen LogP) is 5.72. The highest BCUT2D eigenvalue weighted by atomic mass is 32.1. The van der Waals surface area contributed by atoms with Gasteiger partial charge in [0, 0.05) is 16.1 Å². The van der Waals surface area contributed by atoms with E-state index in [4.69, 9.17) is 4.74 Å². The van der Waals surface area contributed by atoms with Crippen molar-refractivity contribution in [2.45, 2.75) is 26.8 Å². The molecule has 0 saturated carbocycles. The molecule has 0 spiro atoms. The Morgan fingerprint density at radius 1 is 1.09 bits per heavy atom. The summed E-state index contributed by atoms with van der Waals surface area (Å²) in [5, 5.41) is 13.1. The number of thiophene rings is 1. The summed E-state index contributed by atoms with van der Waals surface area (Å²) in [7, 11) is 0. The molecule has 1 aliphatic heterocycles. The summed E-state index contributed by atoms with van der Waals surface area (Å²) < 4.78 is 5.78. The highest BCUT2D eigenvalue weighted by molar-refractivity contribution is 7.10. The standard InChI is InChI=1S/C26H25NO4S/c1-16(2)15-31-20-10-5-8-18(14-20)24(28)22-23(21-11-6-12-32-21)27(26(30)25(22)29)19-9-4-7-17(3)13-19/h4-14,16,23,28H,15H2,1-3H3/b24-22-. The summed E-state index contributed by atoms with van der Waals surface area (Å²) in [4.78, 5) is 28.6. The zero-order valence-electron chi connectivity index (χ0n) is 18.2. The average molecular weight is 448 g/mol. The zero-order valence-corrected chi connectivity index (χ0v) is 19.1. The third kappa shape index (κ3) is 4.18. The number of anilines is 1. The second-order valence-electron chi connectivity index (χ2n) is 8.26. The van der Waals surface area contributed by atoms with E-state index in [-0.39, 0.29) is 11.3 Å². The zero-order chi connectivity index (χ0) is 22.8. The number of ether oxygens (including phenoxy) is 1. The second kappa shape index (κ2) is 9.01. The molecule has 1 N–H and O–H groups in total. The normalized spacial score (nSPS) is 17.9. The van der Waals surface area contributed by atoms with Crippen LogP contribution in [-0.2, 0) is 9.59 Å². The molecule has 1 fully saturated rings. The number of carbonyl (C=O) groups excluding carboxylic acids is 2. The number of aliphatic hydroxyl groups is 1. The fraction of sp³-hybridized carbons (Fsp3) is 0.231. The minimum Gasteiger partial charge on any atom is -0.507 e. The number of aryl methyl sites for hydroxylation is 1. The van der Waals surface area contributed by atoms with E-state index in [0.29, 0.717) is 29.5 Å². The van der Waals surface area contributed by atoms with E-state index in [2.05, 4.69) is 13.8 Å². The molecule has 1 atom stereocenters. The molecule has 1 unspecified atom stereocenters. The van der Waals surface area contributed by atoms with Gasteiger partial charge < -0.3 is 9.84 Å². The van der Waals surface area contributed by atoms with Crippen LogP contribution in [0.5, 0.6) is 5.75 Å². The van der Waals surface area contributed by atoms with Crippen LogP contribution in [-0.4, -0.2) is 23.4 Å². The van der Waals surface area contributed by atoms with E-state index in [0.717, 1.165) is 10.4 Å². The fourth-order valence-electron chi connectivity index (χ4n) is 3.74. The molecule has 1 amide bonds. The number of ketones is 1. The molecular weight excluding hydrogens is 422 g/mol. The summed E-state index contributed by atoms with van der Waals surface area (Å²) in [6.07, 6.45) is 0. The van der Waals surface area contributed by atoms with Gasteiger partial charge >= 0.3 is 0 Å². The first-order valence-electron chi connectivity index (χ1n) is 10.5. The van der Waals surface area contributed by atoms with Crippen molar-refractivity contribution in [1.82, 2.24) is 0 Å². The monoisotopic (exact) mass is 447 g/mol. The molecule has 1 saturated heterocycles. The van der Waals surface area contributed by atoms with Crippen molar-refractivity contribution >= 4 is 34.5 Å². The van der Waals surface area contributed by atoms with Crippen molar-refractivity contribution in [2.24, 2.45) is 5.92 Å². The van der Waals surface area contributed by atoms with Crippen molar-refractivity contribution < 1.29 is 19.4 Å².